The van der Waals surface area contributed by atoms with Crippen molar-refractivity contribution < 1.29 is 4.74 Å². The van der Waals surface area contributed by atoms with Gasteiger partial charge in [-0.05, 0) is 25.8 Å². The van der Waals surface area contributed by atoms with Crippen LogP contribution < -0.4 is 16.0 Å². The zero-order valence-corrected chi connectivity index (χ0v) is 12.9. The fourth-order valence-corrected chi connectivity index (χ4v) is 2.99. The molecule has 0 bridgehead atoms. The normalized spacial score (nSPS) is 12.7. The summed E-state index contributed by atoms with van der Waals surface area (Å²) in [6.45, 7) is 3.03. The number of nitriles is 1. The summed E-state index contributed by atoms with van der Waals surface area (Å²) in [5.74, 6) is 0.644. The quantitative estimate of drug-likeness (QED) is 0.852. The fourth-order valence-electron chi connectivity index (χ4n) is 2.99. The minimum Gasteiger partial charge on any atom is -0.494 e. The van der Waals surface area contributed by atoms with Gasteiger partial charge in [-0.1, -0.05) is 18.2 Å². The average Bonchev–Trinajstić information content (AvgIpc) is 3.03. The Morgan fingerprint density at radius 2 is 2.09 bits per heavy atom. The monoisotopic (exact) mass is 311 g/mol. The minimum absolute atomic E-state index is 0.0796. The first-order chi connectivity index (χ1) is 11.2. The van der Waals surface area contributed by atoms with Gasteiger partial charge in [0.15, 0.2) is 0 Å². The van der Waals surface area contributed by atoms with E-state index in [-0.39, 0.29) is 17.8 Å². The molecule has 1 aromatic carbocycles. The Kier molecular flexibility index (Phi) is 4.02. The maximum Gasteiger partial charge on any atom is 0.331 e. The van der Waals surface area contributed by atoms with Gasteiger partial charge in [0.25, 0.3) is 5.56 Å². The Balaban J connectivity index is 2.14. The Hall–Kier alpha value is -2.81. The van der Waals surface area contributed by atoms with Crippen LogP contribution in [-0.4, -0.2) is 15.7 Å². The number of aromatic nitrogens is 2. The van der Waals surface area contributed by atoms with Gasteiger partial charge in [0.05, 0.1) is 13.2 Å². The molecule has 2 aromatic rings. The SMILES string of the molecule is CCOc1ccccc1Cn1c(=O)c(C#N)c2n(c1=O)CCC2. The molecule has 0 radical (unpaired) electrons. The van der Waals surface area contributed by atoms with Gasteiger partial charge in [-0.3, -0.25) is 13.9 Å². The molecule has 1 aromatic heterocycles. The average molecular weight is 311 g/mol. The van der Waals surface area contributed by atoms with Crippen molar-refractivity contribution in [2.45, 2.75) is 32.9 Å². The zero-order valence-electron chi connectivity index (χ0n) is 12.9. The first kappa shape index (κ1) is 15.1. The van der Waals surface area contributed by atoms with Crippen molar-refractivity contribution in [2.24, 2.45) is 0 Å². The molecule has 0 unspecified atom stereocenters. The first-order valence-corrected chi connectivity index (χ1v) is 7.64. The minimum atomic E-state index is -0.517. The van der Waals surface area contributed by atoms with Gasteiger partial charge in [-0.25, -0.2) is 4.79 Å². The summed E-state index contributed by atoms with van der Waals surface area (Å²) < 4.78 is 8.22. The predicted molar refractivity (Wildman–Crippen MR) is 84.7 cm³/mol. The smallest absolute Gasteiger partial charge is 0.331 e. The highest BCUT2D eigenvalue weighted by atomic mass is 16.5. The molecular weight excluding hydrogens is 294 g/mol. The number of benzene rings is 1. The highest BCUT2D eigenvalue weighted by Gasteiger charge is 2.22. The van der Waals surface area contributed by atoms with Crippen LogP contribution in [0.25, 0.3) is 0 Å². The van der Waals surface area contributed by atoms with Crippen molar-refractivity contribution in [1.82, 2.24) is 9.13 Å². The molecule has 0 N–H and O–H groups in total. The van der Waals surface area contributed by atoms with Gasteiger partial charge in [0.1, 0.15) is 17.4 Å². The summed E-state index contributed by atoms with van der Waals surface area (Å²) in [5.41, 5.74) is 0.522. The van der Waals surface area contributed by atoms with Crippen LogP contribution in [0.1, 0.15) is 30.2 Å². The molecule has 0 spiro atoms. The molecule has 118 valence electrons. The molecule has 0 fully saturated rings. The number of hydrogen-bond acceptors (Lipinski definition) is 4. The number of ether oxygens (including phenoxy) is 1. The van der Waals surface area contributed by atoms with E-state index in [4.69, 9.17) is 4.74 Å². The molecular formula is C17H17N3O3. The van der Waals surface area contributed by atoms with Gasteiger partial charge in [-0.2, -0.15) is 5.26 Å². The van der Waals surface area contributed by atoms with Crippen LogP contribution in [0.4, 0.5) is 0 Å². The lowest BCUT2D eigenvalue weighted by molar-refractivity contribution is 0.335. The van der Waals surface area contributed by atoms with E-state index in [2.05, 4.69) is 0 Å². The molecule has 0 amide bonds. The van der Waals surface area contributed by atoms with Crippen molar-refractivity contribution in [2.75, 3.05) is 6.61 Å². The van der Waals surface area contributed by atoms with Crippen molar-refractivity contribution in [3.63, 3.8) is 0 Å². The molecule has 0 saturated heterocycles. The van der Waals surface area contributed by atoms with Crippen LogP contribution in [0.3, 0.4) is 0 Å². The van der Waals surface area contributed by atoms with Gasteiger partial charge >= 0.3 is 5.69 Å². The molecule has 0 aliphatic carbocycles. The van der Waals surface area contributed by atoms with Crippen LogP contribution in [0.5, 0.6) is 5.75 Å². The summed E-state index contributed by atoms with van der Waals surface area (Å²) in [6.07, 6.45) is 1.38. The topological polar surface area (TPSA) is 77.0 Å². The van der Waals surface area contributed by atoms with E-state index in [9.17, 15) is 14.9 Å². The summed E-state index contributed by atoms with van der Waals surface area (Å²) in [5, 5.41) is 9.30. The number of para-hydroxylation sites is 1. The summed E-state index contributed by atoms with van der Waals surface area (Å²) >= 11 is 0. The highest BCUT2D eigenvalue weighted by molar-refractivity contribution is 5.36. The van der Waals surface area contributed by atoms with E-state index in [1.807, 2.05) is 31.2 Å². The lowest BCUT2D eigenvalue weighted by Crippen LogP contribution is -2.42. The number of fused-ring (bicyclic) bond motifs is 1. The maximum atomic E-state index is 12.6. The molecule has 6 nitrogen and oxygen atoms in total. The van der Waals surface area contributed by atoms with Crippen molar-refractivity contribution >= 4 is 0 Å². The second kappa shape index (κ2) is 6.13. The molecule has 1 aliphatic rings. The maximum absolute atomic E-state index is 12.6. The molecule has 2 heterocycles. The van der Waals surface area contributed by atoms with Gasteiger partial charge in [-0.15, -0.1) is 0 Å². The second-order valence-electron chi connectivity index (χ2n) is 5.40. The number of nitrogens with zero attached hydrogens (tertiary/aromatic N) is 3. The lowest BCUT2D eigenvalue weighted by Gasteiger charge is -2.13. The standard InChI is InChI=1S/C17H17N3O3/c1-2-23-15-8-4-3-6-12(15)11-20-16(21)13(10-18)14-7-5-9-19(14)17(20)22/h3-4,6,8H,2,5,7,9,11H2,1H3. The van der Waals surface area contributed by atoms with E-state index >= 15 is 0 Å². The molecule has 6 heteroatoms. The summed E-state index contributed by atoms with van der Waals surface area (Å²) in [4.78, 5) is 25.1. The molecule has 0 atom stereocenters. The Bertz CT molecular complexity index is 903. The van der Waals surface area contributed by atoms with E-state index in [0.29, 0.717) is 31.0 Å². The van der Waals surface area contributed by atoms with Gasteiger partial charge < -0.3 is 4.74 Å². The van der Waals surface area contributed by atoms with Crippen LogP contribution in [-0.2, 0) is 19.5 Å². The Morgan fingerprint density at radius 1 is 1.30 bits per heavy atom. The number of rotatable bonds is 4. The molecule has 23 heavy (non-hydrogen) atoms. The van der Waals surface area contributed by atoms with E-state index in [0.717, 1.165) is 16.6 Å². The Morgan fingerprint density at radius 3 is 2.83 bits per heavy atom. The van der Waals surface area contributed by atoms with Crippen molar-refractivity contribution in [3.05, 3.63) is 61.9 Å². The van der Waals surface area contributed by atoms with E-state index in [1.165, 1.54) is 0 Å². The van der Waals surface area contributed by atoms with Crippen LogP contribution in [0.2, 0.25) is 0 Å². The van der Waals surface area contributed by atoms with Crippen molar-refractivity contribution in [3.8, 4) is 11.8 Å². The third-order valence-corrected chi connectivity index (χ3v) is 4.04. The zero-order chi connectivity index (χ0) is 16.4. The molecule has 1 aliphatic heterocycles. The largest absolute Gasteiger partial charge is 0.494 e. The van der Waals surface area contributed by atoms with Crippen LogP contribution >= 0.6 is 0 Å². The summed E-state index contributed by atoms with van der Waals surface area (Å²) in [6, 6.07) is 9.26. The van der Waals surface area contributed by atoms with E-state index < -0.39 is 5.56 Å². The fraction of sp³-hybridized carbons (Fsp3) is 0.353. The lowest BCUT2D eigenvalue weighted by atomic mass is 10.1. The molecule has 0 saturated carbocycles. The van der Waals surface area contributed by atoms with Gasteiger partial charge in [0.2, 0.25) is 0 Å². The number of hydrogen-bond donors (Lipinski definition) is 0. The summed E-state index contributed by atoms with van der Waals surface area (Å²) in [7, 11) is 0. The molecule has 3 rings (SSSR count). The van der Waals surface area contributed by atoms with E-state index in [1.54, 1.807) is 10.6 Å². The van der Waals surface area contributed by atoms with Crippen LogP contribution in [0.15, 0.2) is 33.9 Å². The van der Waals surface area contributed by atoms with Crippen LogP contribution in [0, 0.1) is 11.3 Å². The predicted octanol–water partition coefficient (Wildman–Crippen LogP) is 1.27. The van der Waals surface area contributed by atoms with Crippen molar-refractivity contribution in [1.29, 1.82) is 5.26 Å². The second-order valence-corrected chi connectivity index (χ2v) is 5.40. The third kappa shape index (κ3) is 2.55. The highest BCUT2D eigenvalue weighted by Crippen LogP contribution is 2.19. The Labute approximate surface area is 133 Å². The third-order valence-electron chi connectivity index (χ3n) is 4.04. The first-order valence-electron chi connectivity index (χ1n) is 7.64. The van der Waals surface area contributed by atoms with Gasteiger partial charge in [0, 0.05) is 17.8 Å².